The number of carbonyl (C=O) groups is 2. The van der Waals surface area contributed by atoms with E-state index in [4.69, 9.17) is 9.47 Å². The first-order valence-corrected chi connectivity index (χ1v) is 7.65. The van der Waals surface area contributed by atoms with Crippen LogP contribution in [0.5, 0.6) is 11.5 Å². The van der Waals surface area contributed by atoms with Crippen LogP contribution in [-0.4, -0.2) is 28.6 Å². The summed E-state index contributed by atoms with van der Waals surface area (Å²) in [6.45, 7) is 1.45. The Hall–Kier alpha value is -3.35. The van der Waals surface area contributed by atoms with Crippen LogP contribution in [0, 0.1) is 0 Å². The van der Waals surface area contributed by atoms with Crippen LogP contribution in [0.2, 0.25) is 0 Å². The number of aromatic nitrogens is 1. The second-order valence-electron chi connectivity index (χ2n) is 5.72. The summed E-state index contributed by atoms with van der Waals surface area (Å²) in [7, 11) is 0. The van der Waals surface area contributed by atoms with E-state index in [0.717, 1.165) is 0 Å². The van der Waals surface area contributed by atoms with Gasteiger partial charge in [0.2, 0.25) is 6.79 Å². The monoisotopic (exact) mass is 338 g/mol. The normalized spacial score (nSPS) is 18.8. The highest BCUT2D eigenvalue weighted by Crippen LogP contribution is 2.43. The molecule has 0 saturated heterocycles. The van der Waals surface area contributed by atoms with Gasteiger partial charge in [0.15, 0.2) is 23.0 Å². The topological polar surface area (TPSA) is 89.0 Å². The molecule has 2 aliphatic heterocycles. The lowest BCUT2D eigenvalue weighted by molar-refractivity contribution is -0.117. The predicted octanol–water partition coefficient (Wildman–Crippen LogP) is 2.30. The molecule has 7 nitrogen and oxygen atoms in total. The first-order chi connectivity index (χ1) is 12.1. The van der Waals surface area contributed by atoms with Crippen molar-refractivity contribution < 1.29 is 24.2 Å². The quantitative estimate of drug-likeness (QED) is 0.924. The zero-order valence-corrected chi connectivity index (χ0v) is 13.3. The van der Waals surface area contributed by atoms with Gasteiger partial charge in [0.1, 0.15) is 0 Å². The van der Waals surface area contributed by atoms with E-state index in [0.29, 0.717) is 22.7 Å². The number of aliphatic hydroxyl groups excluding tert-OH is 1. The van der Waals surface area contributed by atoms with Gasteiger partial charge in [0.25, 0.3) is 5.91 Å². The average molecular weight is 338 g/mol. The lowest BCUT2D eigenvalue weighted by atomic mass is 9.96. The molecule has 126 valence electrons. The highest BCUT2D eigenvalue weighted by molar-refractivity contribution is 6.16. The first kappa shape index (κ1) is 15.2. The molecule has 4 rings (SSSR count). The van der Waals surface area contributed by atoms with Gasteiger partial charge >= 0.3 is 0 Å². The van der Waals surface area contributed by atoms with Gasteiger partial charge in [-0.15, -0.1) is 0 Å². The molecule has 3 heterocycles. The van der Waals surface area contributed by atoms with Crippen LogP contribution in [0.3, 0.4) is 0 Å². The van der Waals surface area contributed by atoms with E-state index in [1.54, 1.807) is 36.5 Å². The molecule has 1 N–H and O–H groups in total. The molecule has 0 unspecified atom stereocenters. The number of aliphatic hydroxyl groups is 1. The number of amides is 1. The van der Waals surface area contributed by atoms with Crippen molar-refractivity contribution in [2.75, 3.05) is 11.7 Å². The maximum atomic E-state index is 12.6. The molecule has 0 spiro atoms. The summed E-state index contributed by atoms with van der Waals surface area (Å²) in [6.07, 6.45) is 3.09. The number of benzene rings is 1. The number of hydrogen-bond acceptors (Lipinski definition) is 6. The van der Waals surface area contributed by atoms with E-state index < -0.39 is 17.7 Å². The fraction of sp³-hybridized carbons (Fsp3) is 0.167. The number of hydrogen-bond donors (Lipinski definition) is 1. The fourth-order valence-corrected chi connectivity index (χ4v) is 3.13. The molecule has 0 saturated carbocycles. The van der Waals surface area contributed by atoms with Gasteiger partial charge in [-0.05, 0) is 36.8 Å². The summed E-state index contributed by atoms with van der Waals surface area (Å²) in [5, 5.41) is 10.3. The molecule has 0 aliphatic carbocycles. The minimum atomic E-state index is -0.760. The number of ketones is 1. The number of pyridine rings is 1. The molecule has 1 aromatic heterocycles. The Morgan fingerprint density at radius 2 is 2.08 bits per heavy atom. The van der Waals surface area contributed by atoms with E-state index >= 15 is 0 Å². The minimum Gasteiger partial charge on any atom is -0.503 e. The van der Waals surface area contributed by atoms with Crippen LogP contribution in [-0.2, 0) is 9.59 Å². The number of Topliss-reactive ketones (excluding diaryl/α,β-unsaturated/α-hetero) is 1. The Morgan fingerprint density at radius 1 is 1.28 bits per heavy atom. The molecule has 2 aromatic rings. The van der Waals surface area contributed by atoms with Gasteiger partial charge in [0, 0.05) is 6.20 Å². The number of anilines is 1. The van der Waals surface area contributed by atoms with Gasteiger partial charge in [-0.3, -0.25) is 19.5 Å². The van der Waals surface area contributed by atoms with E-state index in [1.807, 2.05) is 0 Å². The largest absolute Gasteiger partial charge is 0.503 e. The molecule has 0 radical (unpaired) electrons. The van der Waals surface area contributed by atoms with Crippen molar-refractivity contribution in [3.8, 4) is 11.5 Å². The van der Waals surface area contributed by atoms with Gasteiger partial charge in [-0.1, -0.05) is 6.07 Å². The minimum absolute atomic E-state index is 0.0488. The van der Waals surface area contributed by atoms with Crippen molar-refractivity contribution in [2.45, 2.75) is 13.0 Å². The van der Waals surface area contributed by atoms with Crippen LogP contribution < -0.4 is 14.4 Å². The van der Waals surface area contributed by atoms with E-state index in [1.165, 1.54) is 18.0 Å². The Morgan fingerprint density at radius 3 is 2.80 bits per heavy atom. The number of carbonyl (C=O) groups excluding carboxylic acids is 2. The van der Waals surface area contributed by atoms with Crippen LogP contribution >= 0.6 is 0 Å². The summed E-state index contributed by atoms with van der Waals surface area (Å²) in [4.78, 5) is 30.1. The summed E-state index contributed by atoms with van der Waals surface area (Å²) in [5.74, 6) is -0.427. The molecule has 1 amide bonds. The van der Waals surface area contributed by atoms with E-state index in [-0.39, 0.29) is 18.1 Å². The second kappa shape index (κ2) is 5.62. The zero-order valence-electron chi connectivity index (χ0n) is 13.3. The number of ether oxygens (including phenoxy) is 2. The van der Waals surface area contributed by atoms with Gasteiger partial charge in [-0.25, -0.2) is 0 Å². The second-order valence-corrected chi connectivity index (χ2v) is 5.72. The fourth-order valence-electron chi connectivity index (χ4n) is 3.13. The molecular formula is C18H14N2O5. The van der Waals surface area contributed by atoms with Crippen LogP contribution in [0.25, 0.3) is 0 Å². The maximum absolute atomic E-state index is 12.6. The van der Waals surface area contributed by atoms with Gasteiger partial charge in [-0.2, -0.15) is 0 Å². The third-order valence-electron chi connectivity index (χ3n) is 4.22. The molecule has 0 bridgehead atoms. The Bertz CT molecular complexity index is 907. The molecule has 1 aromatic carbocycles. The molecule has 7 heteroatoms. The van der Waals surface area contributed by atoms with Crippen LogP contribution in [0.4, 0.5) is 5.69 Å². The third kappa shape index (κ3) is 2.32. The lowest BCUT2D eigenvalue weighted by Gasteiger charge is -2.26. The summed E-state index contributed by atoms with van der Waals surface area (Å²) < 4.78 is 10.7. The van der Waals surface area contributed by atoms with Gasteiger partial charge < -0.3 is 14.6 Å². The third-order valence-corrected chi connectivity index (χ3v) is 4.22. The number of rotatable bonds is 3. The maximum Gasteiger partial charge on any atom is 0.294 e. The smallest absolute Gasteiger partial charge is 0.294 e. The Labute approximate surface area is 143 Å². The SMILES string of the molecule is CC(=O)C1=C(O)C(=O)N(c2cccnc2)[C@H]1c1ccc2c(c1)OCO2. The summed E-state index contributed by atoms with van der Waals surface area (Å²) in [6, 6.07) is 7.80. The van der Waals surface area contributed by atoms with Crippen molar-refractivity contribution in [2.24, 2.45) is 0 Å². The number of fused-ring (bicyclic) bond motifs is 1. The zero-order chi connectivity index (χ0) is 17.6. The molecule has 2 aliphatic rings. The van der Waals surface area contributed by atoms with Crippen molar-refractivity contribution in [1.29, 1.82) is 0 Å². The summed E-state index contributed by atoms with van der Waals surface area (Å²) in [5.41, 5.74) is 1.17. The Kier molecular flexibility index (Phi) is 3.42. The molecule has 1 atom stereocenters. The average Bonchev–Trinajstić information content (AvgIpc) is 3.18. The predicted molar refractivity (Wildman–Crippen MR) is 87.4 cm³/mol. The van der Waals surface area contributed by atoms with Crippen molar-refractivity contribution in [3.63, 3.8) is 0 Å². The lowest BCUT2D eigenvalue weighted by Crippen LogP contribution is -2.30. The van der Waals surface area contributed by atoms with E-state index in [2.05, 4.69) is 4.98 Å². The molecular weight excluding hydrogens is 324 g/mol. The Balaban J connectivity index is 1.87. The van der Waals surface area contributed by atoms with Crippen LogP contribution in [0.15, 0.2) is 54.1 Å². The highest BCUT2D eigenvalue weighted by atomic mass is 16.7. The van der Waals surface area contributed by atoms with Crippen molar-refractivity contribution in [1.82, 2.24) is 4.98 Å². The first-order valence-electron chi connectivity index (χ1n) is 7.65. The highest BCUT2D eigenvalue weighted by Gasteiger charge is 2.43. The van der Waals surface area contributed by atoms with E-state index in [9.17, 15) is 14.7 Å². The standard InChI is InChI=1S/C18H14N2O5/c1-10(21)15-16(11-4-5-13-14(7-11)25-9-24-13)20(18(23)17(15)22)12-3-2-6-19-8-12/h2-8,16,22H,9H2,1H3/t16-/m0/s1. The summed E-state index contributed by atoms with van der Waals surface area (Å²) >= 11 is 0. The molecule has 25 heavy (non-hydrogen) atoms. The van der Waals surface area contributed by atoms with Crippen molar-refractivity contribution in [3.05, 3.63) is 59.6 Å². The number of nitrogens with zero attached hydrogens (tertiary/aromatic N) is 2. The van der Waals surface area contributed by atoms with Crippen LogP contribution in [0.1, 0.15) is 18.5 Å². The molecule has 0 fully saturated rings. The van der Waals surface area contributed by atoms with Crippen molar-refractivity contribution >= 4 is 17.4 Å². The van der Waals surface area contributed by atoms with Gasteiger partial charge in [0.05, 0.1) is 23.5 Å².